The highest BCUT2D eigenvalue weighted by atomic mass is 35.5. The molecule has 1 aromatic rings. The maximum atomic E-state index is 8.21. The third-order valence-corrected chi connectivity index (χ3v) is 10.6. The standard InChI is InChI=1S/C22H48N.C21H38N.C5H12O2.CH2O.2ClH/c1-5-7-9-11-13-15-17-19-21-23(3,4)22-20-18-16-14-12-10-8-6-2;1-4-5-6-7-8-9-10-11-12-16-19-22(2,3)20-21-17-14-13-15-18-21;6-4-2-1-3-5-7;1-2;;/h5-22H2,1-4H3;13-15,17-18H,4-12,16,19-20H2,1-3H3;6-7H,1-5H2;1H2;2*1H/q2*+1;;;;/p-2. The zero-order valence-corrected chi connectivity index (χ0v) is 40.3. The van der Waals surface area contributed by atoms with Crippen LogP contribution in [0.15, 0.2) is 30.3 Å². The number of benzene rings is 1. The van der Waals surface area contributed by atoms with Gasteiger partial charge in [-0.25, -0.2) is 0 Å². The minimum absolute atomic E-state index is 0. The lowest BCUT2D eigenvalue weighted by Gasteiger charge is -2.30. The molecule has 0 bridgehead atoms. The van der Waals surface area contributed by atoms with Gasteiger partial charge in [-0.1, -0.05) is 180 Å². The normalized spacial score (nSPS) is 10.8. The number of nitrogens with zero attached hydrogens (tertiary/aromatic N) is 2. The van der Waals surface area contributed by atoms with Crippen LogP contribution in [-0.2, 0) is 11.3 Å². The topological polar surface area (TPSA) is 57.5 Å². The van der Waals surface area contributed by atoms with E-state index in [0.29, 0.717) is 0 Å². The number of unbranched alkanes of at least 4 members (excludes halogenated alkanes) is 25. The number of aliphatic hydroxyl groups is 2. The van der Waals surface area contributed by atoms with Crippen LogP contribution in [0, 0.1) is 0 Å². The van der Waals surface area contributed by atoms with Crippen LogP contribution in [-0.4, -0.2) is 87.0 Å². The molecule has 56 heavy (non-hydrogen) atoms. The van der Waals surface area contributed by atoms with E-state index in [2.05, 4.69) is 79.3 Å². The molecule has 0 fully saturated rings. The number of carbonyl (C=O) groups is 1. The molecular formula is C49H100Cl2N2O3. The molecule has 2 N–H and O–H groups in total. The van der Waals surface area contributed by atoms with Crippen LogP contribution in [0.3, 0.4) is 0 Å². The smallest absolute Gasteiger partial charge is 0.106 e. The van der Waals surface area contributed by atoms with Crippen LogP contribution in [0.1, 0.15) is 213 Å². The summed E-state index contributed by atoms with van der Waals surface area (Å²) in [6.45, 7) is 14.6. The molecule has 5 nitrogen and oxygen atoms in total. The monoisotopic (exact) mass is 835 g/mol. The first-order chi connectivity index (χ1) is 26.2. The lowest BCUT2D eigenvalue weighted by atomic mass is 10.1. The van der Waals surface area contributed by atoms with E-state index in [4.69, 9.17) is 15.0 Å². The van der Waals surface area contributed by atoms with Gasteiger partial charge in [-0.05, 0) is 57.8 Å². The van der Waals surface area contributed by atoms with Crippen LogP contribution >= 0.6 is 0 Å². The Morgan fingerprint density at radius 3 is 0.929 bits per heavy atom. The number of hydrogen-bond donors (Lipinski definition) is 2. The van der Waals surface area contributed by atoms with Crippen molar-refractivity contribution in [1.82, 2.24) is 0 Å². The predicted molar refractivity (Wildman–Crippen MR) is 241 cm³/mol. The second-order valence-corrected chi connectivity index (χ2v) is 17.3. The van der Waals surface area contributed by atoms with Gasteiger partial charge in [0, 0.05) is 18.8 Å². The third-order valence-electron chi connectivity index (χ3n) is 10.6. The van der Waals surface area contributed by atoms with E-state index in [-0.39, 0.29) is 38.0 Å². The summed E-state index contributed by atoms with van der Waals surface area (Å²) < 4.78 is 2.35. The van der Waals surface area contributed by atoms with Crippen molar-refractivity contribution in [3.05, 3.63) is 35.9 Å². The quantitative estimate of drug-likeness (QED) is 0.0551. The maximum Gasteiger partial charge on any atom is 0.106 e. The molecule has 0 unspecified atom stereocenters. The number of aliphatic hydroxyl groups excluding tert-OH is 2. The number of halogens is 2. The Morgan fingerprint density at radius 1 is 0.393 bits per heavy atom. The summed E-state index contributed by atoms with van der Waals surface area (Å²) in [7, 11) is 9.59. The summed E-state index contributed by atoms with van der Waals surface area (Å²) in [6, 6.07) is 10.9. The molecule has 1 aromatic carbocycles. The Morgan fingerprint density at radius 2 is 0.643 bits per heavy atom. The summed E-state index contributed by atoms with van der Waals surface area (Å²) in [5.41, 5.74) is 1.46. The minimum atomic E-state index is 0. The Kier molecular flexibility index (Phi) is 60.2. The third kappa shape index (κ3) is 55.4. The predicted octanol–water partition coefficient (Wildman–Crippen LogP) is 7.49. The molecule has 1 rings (SSSR count). The Balaban J connectivity index is -0.000000247. The molecular weight excluding hydrogens is 735 g/mol. The largest absolute Gasteiger partial charge is 1.00 e. The highest BCUT2D eigenvalue weighted by molar-refractivity contribution is 5.13. The summed E-state index contributed by atoms with van der Waals surface area (Å²) in [6.07, 6.45) is 39.9. The fourth-order valence-corrected chi connectivity index (χ4v) is 7.04. The van der Waals surface area contributed by atoms with Crippen molar-refractivity contribution in [1.29, 1.82) is 0 Å². The lowest BCUT2D eigenvalue weighted by Crippen LogP contribution is -3.00. The number of quaternary nitrogens is 2. The summed E-state index contributed by atoms with van der Waals surface area (Å²) in [5.74, 6) is 0. The van der Waals surface area contributed by atoms with E-state index in [1.54, 1.807) is 0 Å². The summed E-state index contributed by atoms with van der Waals surface area (Å²) >= 11 is 0. The zero-order chi connectivity index (χ0) is 40.9. The van der Waals surface area contributed by atoms with Gasteiger partial charge in [-0.15, -0.1) is 0 Å². The van der Waals surface area contributed by atoms with Crippen LogP contribution in [0.25, 0.3) is 0 Å². The van der Waals surface area contributed by atoms with Crippen LogP contribution in [0.4, 0.5) is 0 Å². The average molecular weight is 836 g/mol. The fraction of sp³-hybridized carbons (Fsp3) is 0.857. The van der Waals surface area contributed by atoms with E-state index in [1.165, 1.54) is 197 Å². The molecule has 0 aromatic heterocycles. The second kappa shape index (κ2) is 52.3. The minimum Gasteiger partial charge on any atom is -1.00 e. The number of carbonyl (C=O) groups excluding carboxylic acids is 1. The van der Waals surface area contributed by atoms with Gasteiger partial charge < -0.3 is 48.8 Å². The SMILES string of the molecule is C=O.CCCCCCCCCCCC[N+](C)(C)Cc1ccccc1.CCCCCCCCCC[N+](C)(C)CCCCCCCCCC.OCCCCCO.[Cl-].[Cl-]. The highest BCUT2D eigenvalue weighted by Crippen LogP contribution is 2.15. The maximum absolute atomic E-state index is 8.21. The van der Waals surface area contributed by atoms with E-state index >= 15 is 0 Å². The van der Waals surface area contributed by atoms with E-state index in [1.807, 2.05) is 6.79 Å². The fourth-order valence-electron chi connectivity index (χ4n) is 7.04. The molecule has 0 aliphatic heterocycles. The van der Waals surface area contributed by atoms with E-state index < -0.39 is 0 Å². The van der Waals surface area contributed by atoms with Crippen molar-refractivity contribution in [2.75, 3.05) is 61.0 Å². The lowest BCUT2D eigenvalue weighted by molar-refractivity contribution is -0.903. The van der Waals surface area contributed by atoms with Gasteiger partial charge in [-0.2, -0.15) is 0 Å². The van der Waals surface area contributed by atoms with Gasteiger partial charge in [-0.3, -0.25) is 0 Å². The van der Waals surface area contributed by atoms with Gasteiger partial charge >= 0.3 is 0 Å². The first-order valence-corrected chi connectivity index (χ1v) is 23.4. The van der Waals surface area contributed by atoms with Crippen molar-refractivity contribution in [2.24, 2.45) is 0 Å². The van der Waals surface area contributed by atoms with Gasteiger partial charge in [0.1, 0.15) is 13.3 Å². The Bertz CT molecular complexity index is 788. The molecule has 338 valence electrons. The molecule has 0 saturated heterocycles. The van der Waals surface area contributed by atoms with Gasteiger partial charge in [0.05, 0.1) is 47.8 Å². The van der Waals surface area contributed by atoms with Crippen LogP contribution < -0.4 is 24.8 Å². The first-order valence-electron chi connectivity index (χ1n) is 23.4. The average Bonchev–Trinajstić information content (AvgIpc) is 3.16. The molecule has 0 aliphatic carbocycles. The van der Waals surface area contributed by atoms with Gasteiger partial charge in [0.25, 0.3) is 0 Å². The first kappa shape index (κ1) is 64.5. The number of rotatable bonds is 35. The Labute approximate surface area is 364 Å². The number of hydrogen-bond acceptors (Lipinski definition) is 3. The van der Waals surface area contributed by atoms with Crippen LogP contribution in [0.5, 0.6) is 0 Å². The zero-order valence-electron chi connectivity index (χ0n) is 38.8. The van der Waals surface area contributed by atoms with E-state index in [9.17, 15) is 0 Å². The molecule has 0 radical (unpaired) electrons. The molecule has 0 aliphatic rings. The van der Waals surface area contributed by atoms with Gasteiger partial charge in [0.15, 0.2) is 0 Å². The van der Waals surface area contributed by atoms with E-state index in [0.717, 1.165) is 30.3 Å². The van der Waals surface area contributed by atoms with Gasteiger partial charge in [0.2, 0.25) is 0 Å². The van der Waals surface area contributed by atoms with Crippen molar-refractivity contribution in [3.63, 3.8) is 0 Å². The van der Waals surface area contributed by atoms with Crippen molar-refractivity contribution >= 4 is 6.79 Å². The summed E-state index contributed by atoms with van der Waals surface area (Å²) in [5, 5.41) is 16.4. The Hall–Kier alpha value is -0.690. The molecule has 0 atom stereocenters. The van der Waals surface area contributed by atoms with Crippen LogP contribution in [0.2, 0.25) is 0 Å². The summed E-state index contributed by atoms with van der Waals surface area (Å²) in [4.78, 5) is 8.00. The molecule has 0 heterocycles. The highest BCUT2D eigenvalue weighted by Gasteiger charge is 2.15. The molecule has 0 amide bonds. The molecule has 0 spiro atoms. The molecule has 7 heteroatoms. The van der Waals surface area contributed by atoms with Crippen molar-refractivity contribution in [3.8, 4) is 0 Å². The van der Waals surface area contributed by atoms with Crippen molar-refractivity contribution < 1.29 is 48.8 Å². The molecule has 0 saturated carbocycles. The second-order valence-electron chi connectivity index (χ2n) is 17.3. The van der Waals surface area contributed by atoms with Crippen molar-refractivity contribution in [2.45, 2.75) is 214 Å².